The summed E-state index contributed by atoms with van der Waals surface area (Å²) in [5.74, 6) is 2.41. The number of aryl methyl sites for hydroxylation is 1. The average Bonchev–Trinajstić information content (AvgIpc) is 3.86. The van der Waals surface area contributed by atoms with Crippen LogP contribution in [0.25, 0.3) is 121 Å². The molecule has 1 N–H and O–H groups in total. The second kappa shape index (κ2) is 11.7. The van der Waals surface area contributed by atoms with Crippen LogP contribution in [0.15, 0.2) is 152 Å². The predicted octanol–water partition coefficient (Wildman–Crippen LogP) is 11.9. The van der Waals surface area contributed by atoms with Crippen LogP contribution in [-0.2, 0) is 0 Å². The Balaban J connectivity index is 1.27. The number of benzene rings is 8. The molecule has 0 saturated heterocycles. The van der Waals surface area contributed by atoms with Gasteiger partial charge in [-0.15, -0.1) is 0 Å². The minimum absolute atomic E-state index is 0.590. The Bertz CT molecular complexity index is 3570. The molecule has 0 saturated carbocycles. The predicted molar refractivity (Wildman–Crippen MR) is 228 cm³/mol. The summed E-state index contributed by atoms with van der Waals surface area (Å²) in [5.41, 5.74) is 5.89. The van der Waals surface area contributed by atoms with Gasteiger partial charge in [-0.2, -0.15) is 0 Å². The molecule has 0 aliphatic carbocycles. The van der Waals surface area contributed by atoms with Crippen molar-refractivity contribution in [3.05, 3.63) is 157 Å². The summed E-state index contributed by atoms with van der Waals surface area (Å²) in [6, 6.07) is 50.9. The van der Waals surface area contributed by atoms with E-state index in [0.29, 0.717) is 34.6 Å². The molecule has 260 valence electrons. The van der Waals surface area contributed by atoms with Gasteiger partial charge in [-0.25, -0.2) is 29.9 Å². The van der Waals surface area contributed by atoms with E-state index >= 15 is 0 Å². The smallest absolute Gasteiger partial charge is 0.164 e. The Hall–Kier alpha value is -7.64. The van der Waals surface area contributed by atoms with E-state index in [2.05, 4.69) is 151 Å². The molecule has 8 aromatic carbocycles. The number of aromatic amines is 1. The van der Waals surface area contributed by atoms with E-state index < -0.39 is 0 Å². The van der Waals surface area contributed by atoms with Gasteiger partial charge in [0.05, 0.1) is 0 Å². The molecule has 0 radical (unpaired) electrons. The van der Waals surface area contributed by atoms with Gasteiger partial charge in [0.25, 0.3) is 0 Å². The van der Waals surface area contributed by atoms with Gasteiger partial charge in [-0.3, -0.25) is 0 Å². The fourth-order valence-corrected chi connectivity index (χ4v) is 8.31. The van der Waals surface area contributed by atoms with Crippen LogP contribution in [0.3, 0.4) is 0 Å². The van der Waals surface area contributed by atoms with Crippen molar-refractivity contribution in [3.63, 3.8) is 0 Å². The highest BCUT2D eigenvalue weighted by atomic mass is 15.0. The highest BCUT2D eigenvalue weighted by molar-refractivity contribution is 6.11. The van der Waals surface area contributed by atoms with E-state index in [1.807, 2.05) is 13.1 Å². The molecule has 10 aromatic rings. The van der Waals surface area contributed by atoms with Crippen molar-refractivity contribution in [2.24, 2.45) is 0 Å². The zero-order chi connectivity index (χ0) is 36.9. The van der Waals surface area contributed by atoms with Crippen LogP contribution in [-0.4, -0.2) is 34.9 Å². The van der Waals surface area contributed by atoms with Crippen molar-refractivity contribution in [3.8, 4) is 45.6 Å². The maximum absolute atomic E-state index is 5.31. The first-order chi connectivity index (χ1) is 27.6. The highest BCUT2D eigenvalue weighted by Crippen LogP contribution is 2.40. The van der Waals surface area contributed by atoms with Crippen molar-refractivity contribution >= 4 is 75.9 Å². The SMILES string of the molecule is Cc1nc2nc(nc3[nH]c(nc4nc(ncc5cc6ccccc6cc15)-c1cc5ccccc5cc1-4)c1cc4ccccc4cc31)-c1cc3ccccc3cc1-2. The van der Waals surface area contributed by atoms with Crippen LogP contribution in [0, 0.1) is 6.92 Å². The molecule has 6 bridgehead atoms. The molecule has 0 spiro atoms. The first-order valence-electron chi connectivity index (χ1n) is 18.7. The van der Waals surface area contributed by atoms with Crippen LogP contribution in [0.4, 0.5) is 0 Å². The van der Waals surface area contributed by atoms with Crippen molar-refractivity contribution in [1.29, 1.82) is 0 Å². The van der Waals surface area contributed by atoms with E-state index in [1.54, 1.807) is 0 Å². The fourth-order valence-electron chi connectivity index (χ4n) is 8.31. The van der Waals surface area contributed by atoms with Gasteiger partial charge in [0, 0.05) is 55.7 Å². The summed E-state index contributed by atoms with van der Waals surface area (Å²) in [4.78, 5) is 35.0. The molecule has 56 heavy (non-hydrogen) atoms. The fraction of sp³-hybridized carbons (Fsp3) is 0.0204. The molecule has 0 unspecified atom stereocenters. The quantitative estimate of drug-likeness (QED) is 0.168. The maximum atomic E-state index is 5.31. The van der Waals surface area contributed by atoms with Gasteiger partial charge in [-0.05, 0) is 98.5 Å². The molecular weight excluding hydrogens is 687 g/mol. The average molecular weight is 716 g/mol. The number of nitrogens with zero attached hydrogens (tertiary/aromatic N) is 6. The van der Waals surface area contributed by atoms with E-state index in [1.165, 1.54) is 0 Å². The van der Waals surface area contributed by atoms with Crippen LogP contribution in [0.2, 0.25) is 0 Å². The highest BCUT2D eigenvalue weighted by Gasteiger charge is 2.23. The topological polar surface area (TPSA) is 93.1 Å². The molecule has 2 aliphatic heterocycles. The summed E-state index contributed by atoms with van der Waals surface area (Å²) in [6.07, 6.45) is 1.92. The van der Waals surface area contributed by atoms with E-state index in [0.717, 1.165) is 92.6 Å². The van der Waals surface area contributed by atoms with Gasteiger partial charge < -0.3 is 4.98 Å². The number of hydrogen-bond acceptors (Lipinski definition) is 6. The lowest BCUT2D eigenvalue weighted by atomic mass is 10.0. The molecule has 2 aliphatic rings. The molecule has 0 atom stereocenters. The Labute approximate surface area is 319 Å². The molecule has 7 nitrogen and oxygen atoms in total. The summed E-state index contributed by atoms with van der Waals surface area (Å²) in [6.45, 7) is 2.04. The van der Waals surface area contributed by atoms with Crippen molar-refractivity contribution in [2.45, 2.75) is 6.92 Å². The van der Waals surface area contributed by atoms with Crippen LogP contribution in [0.5, 0.6) is 0 Å². The minimum Gasteiger partial charge on any atom is -0.324 e. The van der Waals surface area contributed by atoms with Gasteiger partial charge in [-0.1, -0.05) is 97.1 Å². The summed E-state index contributed by atoms with van der Waals surface area (Å²) < 4.78 is 0. The summed E-state index contributed by atoms with van der Waals surface area (Å²) in [5, 5.41) is 12.7. The third-order valence-electron chi connectivity index (χ3n) is 11.1. The van der Waals surface area contributed by atoms with Gasteiger partial charge in [0.15, 0.2) is 23.3 Å². The summed E-state index contributed by atoms with van der Waals surface area (Å²) >= 11 is 0. The van der Waals surface area contributed by atoms with Crippen LogP contribution < -0.4 is 0 Å². The van der Waals surface area contributed by atoms with Gasteiger partial charge in [0.1, 0.15) is 11.3 Å². The maximum Gasteiger partial charge on any atom is 0.164 e. The van der Waals surface area contributed by atoms with E-state index in [-0.39, 0.29) is 0 Å². The molecule has 0 amide bonds. The molecular formula is C49H29N7. The third-order valence-corrected chi connectivity index (χ3v) is 11.1. The molecule has 4 heterocycles. The Morgan fingerprint density at radius 2 is 0.696 bits per heavy atom. The third kappa shape index (κ3) is 4.77. The van der Waals surface area contributed by atoms with Gasteiger partial charge in [0.2, 0.25) is 0 Å². The number of fused-ring (bicyclic) bond motifs is 20. The summed E-state index contributed by atoms with van der Waals surface area (Å²) in [7, 11) is 0. The van der Waals surface area contributed by atoms with E-state index in [9.17, 15) is 0 Å². The molecule has 2 aromatic heterocycles. The lowest BCUT2D eigenvalue weighted by molar-refractivity contribution is 1.17. The second-order valence-electron chi connectivity index (χ2n) is 14.5. The largest absolute Gasteiger partial charge is 0.324 e. The Kier molecular flexibility index (Phi) is 6.42. The Morgan fingerprint density at radius 3 is 1.16 bits per heavy atom. The number of hydrogen-bond donors (Lipinski definition) is 1. The first kappa shape index (κ1) is 30.8. The normalized spacial score (nSPS) is 12.0. The first-order valence-corrected chi connectivity index (χ1v) is 18.7. The standard InChI is InChI=1S/C49H29N7/c1-27-37-19-29-11-3-2-10-28(29)18-36(37)26-50-44-38-20-30-12-4-5-13-31(30)21-39(38)46(52-44)54-48-42-24-34-16-8-9-17-35(34)25-43(42)49(56-48)55-47-41-23-33-15-7-6-14-32(33)22-40(41)45(51-27)53-47/h2-26H,1H3,(H,50,51,52,53,54,55,56). The van der Waals surface area contributed by atoms with E-state index in [4.69, 9.17) is 29.9 Å². The lowest BCUT2D eigenvalue weighted by Crippen LogP contribution is -1.87. The second-order valence-corrected chi connectivity index (χ2v) is 14.5. The monoisotopic (exact) mass is 715 g/mol. The lowest BCUT2D eigenvalue weighted by Gasteiger charge is -2.04. The number of aromatic nitrogens is 7. The number of rotatable bonds is 0. The Morgan fingerprint density at radius 1 is 0.339 bits per heavy atom. The van der Waals surface area contributed by atoms with Crippen molar-refractivity contribution in [1.82, 2.24) is 34.9 Å². The number of H-pyrrole nitrogens is 1. The molecule has 12 rings (SSSR count). The number of nitrogens with one attached hydrogen (secondary N) is 1. The zero-order valence-electron chi connectivity index (χ0n) is 30.1. The molecule has 0 fully saturated rings. The zero-order valence-corrected chi connectivity index (χ0v) is 30.1. The van der Waals surface area contributed by atoms with Crippen molar-refractivity contribution < 1.29 is 0 Å². The van der Waals surface area contributed by atoms with Crippen LogP contribution >= 0.6 is 0 Å². The van der Waals surface area contributed by atoms with Crippen LogP contribution in [0.1, 0.15) is 5.69 Å². The van der Waals surface area contributed by atoms with Crippen molar-refractivity contribution in [2.75, 3.05) is 0 Å². The van der Waals surface area contributed by atoms with Gasteiger partial charge >= 0.3 is 0 Å². The minimum atomic E-state index is 0.590. The molecule has 7 heteroatoms.